The van der Waals surface area contributed by atoms with Gasteiger partial charge in [-0.15, -0.1) is 0 Å². The van der Waals surface area contributed by atoms with Gasteiger partial charge in [-0.3, -0.25) is 9.52 Å². The normalized spacial score (nSPS) is 12.6. The van der Waals surface area contributed by atoms with Crippen LogP contribution in [-0.2, 0) is 27.5 Å². The molecule has 186 valence electrons. The predicted octanol–water partition coefficient (Wildman–Crippen LogP) is 4.82. The summed E-state index contributed by atoms with van der Waals surface area (Å²) in [6.45, 7) is 1.30. The van der Waals surface area contributed by atoms with E-state index in [9.17, 15) is 30.8 Å². The maximum atomic E-state index is 14.3. The van der Waals surface area contributed by atoms with Gasteiger partial charge in [-0.1, -0.05) is 24.3 Å². The van der Waals surface area contributed by atoms with E-state index in [2.05, 4.69) is 10.3 Å². The van der Waals surface area contributed by atoms with Gasteiger partial charge in [0.1, 0.15) is 17.3 Å². The molecule has 1 heterocycles. The van der Waals surface area contributed by atoms with E-state index >= 15 is 0 Å². The van der Waals surface area contributed by atoms with Crippen molar-refractivity contribution in [3.05, 3.63) is 83.3 Å². The molecule has 0 aliphatic rings. The Morgan fingerprint density at radius 1 is 1.09 bits per heavy atom. The van der Waals surface area contributed by atoms with Crippen LogP contribution in [0.15, 0.2) is 60.7 Å². The Kier molecular flexibility index (Phi) is 7.64. The van der Waals surface area contributed by atoms with Crippen LogP contribution < -0.4 is 14.8 Å². The highest BCUT2D eigenvalue weighted by Gasteiger charge is 2.33. The average molecular weight is 511 g/mol. The molecule has 35 heavy (non-hydrogen) atoms. The van der Waals surface area contributed by atoms with Crippen molar-refractivity contribution in [3.63, 3.8) is 0 Å². The number of anilines is 1. The van der Waals surface area contributed by atoms with Crippen LogP contribution in [0.1, 0.15) is 29.7 Å². The molecule has 0 fully saturated rings. The van der Waals surface area contributed by atoms with Gasteiger partial charge >= 0.3 is 6.18 Å². The van der Waals surface area contributed by atoms with Crippen LogP contribution >= 0.6 is 0 Å². The lowest BCUT2D eigenvalue weighted by Crippen LogP contribution is -2.28. The summed E-state index contributed by atoms with van der Waals surface area (Å²) in [4.78, 5) is 16.2. The number of pyridine rings is 1. The lowest BCUT2D eigenvalue weighted by atomic mass is 9.99. The third-order valence-electron chi connectivity index (χ3n) is 4.82. The number of ether oxygens (including phenoxy) is 1. The Balaban J connectivity index is 1.76. The van der Waals surface area contributed by atoms with E-state index < -0.39 is 39.5 Å². The van der Waals surface area contributed by atoms with Crippen molar-refractivity contribution in [2.45, 2.75) is 25.6 Å². The van der Waals surface area contributed by atoms with Crippen molar-refractivity contribution in [2.24, 2.45) is 0 Å². The van der Waals surface area contributed by atoms with Crippen LogP contribution in [0.2, 0.25) is 0 Å². The van der Waals surface area contributed by atoms with Crippen LogP contribution in [0.3, 0.4) is 0 Å². The molecule has 0 radical (unpaired) electrons. The maximum Gasteiger partial charge on any atom is 0.433 e. The van der Waals surface area contributed by atoms with Crippen molar-refractivity contribution in [2.75, 3.05) is 11.0 Å². The molecule has 1 amide bonds. The SMILES string of the molecule is CC(C(=O)NCc1ccc(C(F)(F)F)nc1Oc1ccccc1)c1ccc(NS(C)(=O)=O)c(F)c1. The van der Waals surface area contributed by atoms with Gasteiger partial charge in [0, 0.05) is 12.1 Å². The van der Waals surface area contributed by atoms with Crippen LogP contribution in [0.4, 0.5) is 23.2 Å². The lowest BCUT2D eigenvalue weighted by molar-refractivity contribution is -0.141. The summed E-state index contributed by atoms with van der Waals surface area (Å²) >= 11 is 0. The first-order chi connectivity index (χ1) is 16.3. The molecular formula is C23H21F4N3O4S. The molecule has 12 heteroatoms. The number of nitrogens with one attached hydrogen (secondary N) is 2. The summed E-state index contributed by atoms with van der Waals surface area (Å²) in [6, 6.07) is 13.6. The van der Waals surface area contributed by atoms with Crippen molar-refractivity contribution >= 4 is 21.6 Å². The number of carbonyl (C=O) groups is 1. The minimum Gasteiger partial charge on any atom is -0.439 e. The first-order valence-corrected chi connectivity index (χ1v) is 12.1. The number of carbonyl (C=O) groups excluding carboxylic acids is 1. The molecule has 1 atom stereocenters. The number of alkyl halides is 3. The Bertz CT molecular complexity index is 1320. The molecule has 1 unspecified atom stereocenters. The monoisotopic (exact) mass is 511 g/mol. The first kappa shape index (κ1) is 25.9. The van der Waals surface area contributed by atoms with Gasteiger partial charge in [0.25, 0.3) is 0 Å². The number of rotatable bonds is 8. The zero-order chi connectivity index (χ0) is 25.8. The lowest BCUT2D eigenvalue weighted by Gasteiger charge is -2.16. The van der Waals surface area contributed by atoms with Crippen LogP contribution in [0.25, 0.3) is 0 Å². The summed E-state index contributed by atoms with van der Waals surface area (Å²) < 4.78 is 83.8. The molecule has 1 aromatic heterocycles. The molecule has 0 saturated carbocycles. The van der Waals surface area contributed by atoms with E-state index in [0.29, 0.717) is 0 Å². The predicted molar refractivity (Wildman–Crippen MR) is 121 cm³/mol. The second-order valence-corrected chi connectivity index (χ2v) is 9.38. The van der Waals surface area contributed by atoms with E-state index in [-0.39, 0.29) is 35.0 Å². The molecule has 0 saturated heterocycles. The largest absolute Gasteiger partial charge is 0.439 e. The number of para-hydroxylation sites is 1. The van der Waals surface area contributed by atoms with Crippen molar-refractivity contribution in [3.8, 4) is 11.6 Å². The van der Waals surface area contributed by atoms with Crippen molar-refractivity contribution in [1.29, 1.82) is 0 Å². The van der Waals surface area contributed by atoms with Crippen LogP contribution in [0.5, 0.6) is 11.6 Å². The maximum absolute atomic E-state index is 14.3. The van der Waals surface area contributed by atoms with E-state index in [1.807, 2.05) is 4.72 Å². The van der Waals surface area contributed by atoms with Gasteiger partial charge in [0.2, 0.25) is 21.8 Å². The number of halogens is 4. The van der Waals surface area contributed by atoms with Gasteiger partial charge in [-0.2, -0.15) is 13.2 Å². The number of amides is 1. The van der Waals surface area contributed by atoms with E-state index in [1.54, 1.807) is 30.3 Å². The summed E-state index contributed by atoms with van der Waals surface area (Å²) in [5.41, 5.74) is -0.945. The number of sulfonamides is 1. The van der Waals surface area contributed by atoms with Crippen LogP contribution in [0, 0.1) is 5.82 Å². The molecule has 7 nitrogen and oxygen atoms in total. The highest BCUT2D eigenvalue weighted by Crippen LogP contribution is 2.32. The fourth-order valence-electron chi connectivity index (χ4n) is 3.02. The zero-order valence-corrected chi connectivity index (χ0v) is 19.4. The Morgan fingerprint density at radius 2 is 1.77 bits per heavy atom. The average Bonchev–Trinajstić information content (AvgIpc) is 2.78. The second-order valence-electron chi connectivity index (χ2n) is 7.63. The number of aromatic nitrogens is 1. The molecular weight excluding hydrogens is 490 g/mol. The molecule has 3 aromatic rings. The van der Waals surface area contributed by atoms with Crippen molar-refractivity contribution < 1.29 is 35.5 Å². The molecule has 0 bridgehead atoms. The summed E-state index contributed by atoms with van der Waals surface area (Å²) in [5.74, 6) is -2.31. The standard InChI is InChI=1S/C23H21F4N3O4S/c1-14(15-8-10-19(18(24)12-15)30-35(2,32)33)21(31)28-13-16-9-11-20(23(25,26)27)29-22(16)34-17-6-4-3-5-7-17/h3-12,14,30H,13H2,1-2H3,(H,28,31). The van der Waals surface area contributed by atoms with Gasteiger partial charge in [-0.25, -0.2) is 17.8 Å². The summed E-state index contributed by atoms with van der Waals surface area (Å²) in [5, 5.41) is 2.58. The number of benzene rings is 2. The fourth-order valence-corrected chi connectivity index (χ4v) is 3.59. The topological polar surface area (TPSA) is 97.4 Å². The summed E-state index contributed by atoms with van der Waals surface area (Å²) in [6.07, 6.45) is -3.81. The molecule has 0 aliphatic heterocycles. The molecule has 3 rings (SSSR count). The quantitative estimate of drug-likeness (QED) is 0.423. The highest BCUT2D eigenvalue weighted by atomic mass is 32.2. The molecule has 0 spiro atoms. The van der Waals surface area contributed by atoms with Gasteiger partial charge < -0.3 is 10.1 Å². The summed E-state index contributed by atoms with van der Waals surface area (Å²) in [7, 11) is -3.68. The third kappa shape index (κ3) is 7.15. The van der Waals surface area contributed by atoms with Gasteiger partial charge in [0.15, 0.2) is 0 Å². The molecule has 0 aliphatic carbocycles. The van der Waals surface area contributed by atoms with E-state index in [4.69, 9.17) is 4.74 Å². The number of nitrogens with zero attached hydrogens (tertiary/aromatic N) is 1. The molecule has 2 N–H and O–H groups in total. The smallest absolute Gasteiger partial charge is 0.433 e. The van der Waals surface area contributed by atoms with Crippen molar-refractivity contribution in [1.82, 2.24) is 10.3 Å². The first-order valence-electron chi connectivity index (χ1n) is 10.2. The minimum absolute atomic E-state index is 0.196. The Labute approximate surface area is 199 Å². The van der Waals surface area contributed by atoms with Gasteiger partial charge in [-0.05, 0) is 48.9 Å². The Morgan fingerprint density at radius 3 is 2.37 bits per heavy atom. The number of hydrogen-bond acceptors (Lipinski definition) is 5. The van der Waals surface area contributed by atoms with Gasteiger partial charge in [0.05, 0.1) is 17.9 Å². The third-order valence-corrected chi connectivity index (χ3v) is 5.41. The van der Waals surface area contributed by atoms with Crippen LogP contribution in [-0.4, -0.2) is 25.6 Å². The van der Waals surface area contributed by atoms with E-state index in [1.165, 1.54) is 19.1 Å². The fraction of sp³-hybridized carbons (Fsp3) is 0.217. The highest BCUT2D eigenvalue weighted by molar-refractivity contribution is 7.92. The Hall–Kier alpha value is -3.67. The second kappa shape index (κ2) is 10.3. The van der Waals surface area contributed by atoms with E-state index in [0.717, 1.165) is 24.5 Å². The number of hydrogen-bond donors (Lipinski definition) is 2. The zero-order valence-electron chi connectivity index (χ0n) is 18.6. The molecule has 2 aromatic carbocycles. The minimum atomic E-state index is -4.69.